The van der Waals surface area contributed by atoms with E-state index < -0.39 is 14.6 Å². The molecular weight excluding hydrogens is 238 g/mol. The van der Waals surface area contributed by atoms with Crippen molar-refractivity contribution in [3.63, 3.8) is 0 Å². The summed E-state index contributed by atoms with van der Waals surface area (Å²) in [5, 5.41) is 2.99. The molecule has 0 unspecified atom stereocenters. The van der Waals surface area contributed by atoms with E-state index in [2.05, 4.69) is 10.3 Å². The molecular formula is C11H19N3O2S. The van der Waals surface area contributed by atoms with Crippen LogP contribution in [-0.4, -0.2) is 30.9 Å². The first-order valence-corrected chi connectivity index (χ1v) is 7.18. The maximum absolute atomic E-state index is 11.5. The van der Waals surface area contributed by atoms with Crippen LogP contribution in [0.25, 0.3) is 0 Å². The lowest BCUT2D eigenvalue weighted by molar-refractivity contribution is 0.559. The Morgan fingerprint density at radius 3 is 2.53 bits per heavy atom. The quantitative estimate of drug-likeness (QED) is 0.846. The van der Waals surface area contributed by atoms with Gasteiger partial charge in [-0.25, -0.2) is 13.4 Å². The zero-order valence-electron chi connectivity index (χ0n) is 10.6. The third-order valence-electron chi connectivity index (χ3n) is 2.84. The summed E-state index contributed by atoms with van der Waals surface area (Å²) in [6.07, 6.45) is 2.89. The number of pyridine rings is 1. The molecule has 0 aliphatic rings. The first kappa shape index (κ1) is 13.8. The van der Waals surface area contributed by atoms with Crippen LogP contribution >= 0.6 is 0 Å². The molecule has 1 heterocycles. The molecule has 96 valence electrons. The molecule has 1 rings (SSSR count). The molecule has 6 heteroatoms. The molecule has 0 aliphatic carbocycles. The van der Waals surface area contributed by atoms with Crippen LogP contribution in [0.1, 0.15) is 19.4 Å². The molecule has 1 aromatic heterocycles. The molecule has 17 heavy (non-hydrogen) atoms. The molecule has 0 bridgehead atoms. The topological polar surface area (TPSA) is 85.1 Å². The second kappa shape index (κ2) is 4.52. The van der Waals surface area contributed by atoms with Gasteiger partial charge < -0.3 is 11.1 Å². The Labute approximate surface area is 102 Å². The Bertz CT molecular complexity index is 509. The van der Waals surface area contributed by atoms with Crippen molar-refractivity contribution in [2.45, 2.75) is 25.5 Å². The van der Waals surface area contributed by atoms with Crippen LogP contribution in [-0.2, 0) is 9.84 Å². The fourth-order valence-corrected chi connectivity index (χ4v) is 1.40. The number of aromatic nitrogens is 1. The zero-order chi connectivity index (χ0) is 13.3. The minimum atomic E-state index is -3.11. The Morgan fingerprint density at radius 1 is 1.47 bits per heavy atom. The monoisotopic (exact) mass is 257 g/mol. The average Bonchev–Trinajstić information content (AvgIpc) is 2.18. The minimum absolute atomic E-state index is 0.293. The third kappa shape index (κ3) is 3.33. The smallest absolute Gasteiger partial charge is 0.154 e. The molecule has 0 atom stereocenters. The van der Waals surface area contributed by atoms with Crippen molar-refractivity contribution >= 4 is 21.3 Å². The Kier molecular flexibility index (Phi) is 3.66. The van der Waals surface area contributed by atoms with E-state index in [1.54, 1.807) is 26.1 Å². The fourth-order valence-electron chi connectivity index (χ4n) is 1.07. The van der Waals surface area contributed by atoms with Crippen LogP contribution in [0.2, 0.25) is 0 Å². The van der Waals surface area contributed by atoms with Crippen LogP contribution in [0.4, 0.5) is 11.5 Å². The molecule has 1 aromatic rings. The van der Waals surface area contributed by atoms with Gasteiger partial charge in [0.05, 0.1) is 4.75 Å². The molecule has 0 aromatic carbocycles. The van der Waals surface area contributed by atoms with Crippen LogP contribution < -0.4 is 11.1 Å². The van der Waals surface area contributed by atoms with E-state index in [1.165, 1.54) is 6.26 Å². The van der Waals surface area contributed by atoms with Crippen LogP contribution in [0.5, 0.6) is 0 Å². The van der Waals surface area contributed by atoms with Gasteiger partial charge in [-0.2, -0.15) is 0 Å². The molecule has 0 saturated heterocycles. The minimum Gasteiger partial charge on any atom is -0.398 e. The van der Waals surface area contributed by atoms with E-state index in [9.17, 15) is 8.42 Å². The standard InChI is InChI=1S/C11H19N3O2S/c1-8-6-13-10(5-9(8)12)14-7-11(2,3)17(4,15)16/h5-6H,7H2,1-4H3,(H3,12,13,14). The Morgan fingerprint density at radius 2 is 2.06 bits per heavy atom. The Balaban J connectivity index is 2.78. The van der Waals surface area contributed by atoms with E-state index in [0.717, 1.165) is 5.56 Å². The van der Waals surface area contributed by atoms with Crippen molar-refractivity contribution in [1.82, 2.24) is 4.98 Å². The number of nitrogen functional groups attached to an aromatic ring is 1. The van der Waals surface area contributed by atoms with E-state index >= 15 is 0 Å². The lowest BCUT2D eigenvalue weighted by Crippen LogP contribution is -2.38. The van der Waals surface area contributed by atoms with Crippen molar-refractivity contribution < 1.29 is 8.42 Å². The van der Waals surface area contributed by atoms with E-state index in [0.29, 0.717) is 18.1 Å². The van der Waals surface area contributed by atoms with Gasteiger partial charge in [-0.1, -0.05) is 0 Å². The van der Waals surface area contributed by atoms with Crippen molar-refractivity contribution in [2.24, 2.45) is 0 Å². The van der Waals surface area contributed by atoms with Gasteiger partial charge in [0.15, 0.2) is 9.84 Å². The van der Waals surface area contributed by atoms with Gasteiger partial charge in [-0.15, -0.1) is 0 Å². The highest BCUT2D eigenvalue weighted by molar-refractivity contribution is 7.92. The lowest BCUT2D eigenvalue weighted by Gasteiger charge is -2.23. The highest BCUT2D eigenvalue weighted by Gasteiger charge is 2.29. The third-order valence-corrected chi connectivity index (χ3v) is 5.00. The predicted molar refractivity (Wildman–Crippen MR) is 70.8 cm³/mol. The number of hydrogen-bond acceptors (Lipinski definition) is 5. The van der Waals surface area contributed by atoms with Crippen molar-refractivity contribution in [2.75, 3.05) is 23.9 Å². The summed E-state index contributed by atoms with van der Waals surface area (Å²) in [6, 6.07) is 1.70. The zero-order valence-corrected chi connectivity index (χ0v) is 11.4. The van der Waals surface area contributed by atoms with Crippen molar-refractivity contribution in [1.29, 1.82) is 0 Å². The van der Waals surface area contributed by atoms with Crippen LogP contribution in [0.3, 0.4) is 0 Å². The number of nitrogens with two attached hydrogens (primary N) is 1. The lowest BCUT2D eigenvalue weighted by atomic mass is 10.2. The number of anilines is 2. The number of aryl methyl sites for hydroxylation is 1. The summed E-state index contributed by atoms with van der Waals surface area (Å²) in [5.74, 6) is 0.588. The maximum Gasteiger partial charge on any atom is 0.154 e. The first-order chi connectivity index (χ1) is 7.63. The summed E-state index contributed by atoms with van der Waals surface area (Å²) in [7, 11) is -3.11. The molecule has 0 saturated carbocycles. The predicted octanol–water partition coefficient (Wildman–Crippen LogP) is 1.21. The largest absolute Gasteiger partial charge is 0.398 e. The summed E-state index contributed by atoms with van der Waals surface area (Å²) < 4.78 is 22.2. The maximum atomic E-state index is 11.5. The van der Waals surface area contributed by atoms with E-state index in [1.807, 2.05) is 6.92 Å². The molecule has 0 spiro atoms. The van der Waals surface area contributed by atoms with Crippen LogP contribution in [0, 0.1) is 6.92 Å². The van der Waals surface area contributed by atoms with Gasteiger partial charge in [0.1, 0.15) is 5.82 Å². The normalized spacial score (nSPS) is 12.5. The van der Waals surface area contributed by atoms with Gasteiger partial charge in [0.2, 0.25) is 0 Å². The van der Waals surface area contributed by atoms with Gasteiger partial charge in [-0.3, -0.25) is 0 Å². The first-order valence-electron chi connectivity index (χ1n) is 5.29. The van der Waals surface area contributed by atoms with E-state index in [4.69, 9.17) is 5.73 Å². The van der Waals surface area contributed by atoms with Crippen LogP contribution in [0.15, 0.2) is 12.3 Å². The van der Waals surface area contributed by atoms with E-state index in [-0.39, 0.29) is 0 Å². The number of nitrogens with zero attached hydrogens (tertiary/aromatic N) is 1. The van der Waals surface area contributed by atoms with Gasteiger partial charge in [0, 0.05) is 30.8 Å². The molecule has 0 radical (unpaired) electrons. The number of sulfone groups is 1. The molecule has 0 fully saturated rings. The molecule has 0 amide bonds. The van der Waals surface area contributed by atoms with Gasteiger partial charge >= 0.3 is 0 Å². The summed E-state index contributed by atoms with van der Waals surface area (Å²) >= 11 is 0. The summed E-state index contributed by atoms with van der Waals surface area (Å²) in [4.78, 5) is 4.14. The second-order valence-electron chi connectivity index (χ2n) is 4.81. The summed E-state index contributed by atoms with van der Waals surface area (Å²) in [5.41, 5.74) is 7.29. The Hall–Kier alpha value is -1.30. The number of nitrogens with one attached hydrogen (secondary N) is 1. The molecule has 5 nitrogen and oxygen atoms in total. The SMILES string of the molecule is Cc1cnc(NCC(C)(C)S(C)(=O)=O)cc1N. The molecule has 3 N–H and O–H groups in total. The molecule has 0 aliphatic heterocycles. The highest BCUT2D eigenvalue weighted by atomic mass is 32.2. The summed E-state index contributed by atoms with van der Waals surface area (Å²) in [6.45, 7) is 5.51. The van der Waals surface area contributed by atoms with Gasteiger partial charge in [0.25, 0.3) is 0 Å². The number of hydrogen-bond donors (Lipinski definition) is 2. The van der Waals surface area contributed by atoms with Crippen molar-refractivity contribution in [3.05, 3.63) is 17.8 Å². The number of rotatable bonds is 4. The van der Waals surface area contributed by atoms with Gasteiger partial charge in [-0.05, 0) is 26.3 Å². The van der Waals surface area contributed by atoms with Crippen molar-refractivity contribution in [3.8, 4) is 0 Å². The second-order valence-corrected chi connectivity index (χ2v) is 7.46. The fraction of sp³-hybridized carbons (Fsp3) is 0.545. The highest BCUT2D eigenvalue weighted by Crippen LogP contribution is 2.18. The average molecular weight is 257 g/mol.